The fourth-order valence-electron chi connectivity index (χ4n) is 5.27. The van der Waals surface area contributed by atoms with Gasteiger partial charge in [-0.15, -0.1) is 0 Å². The smallest absolute Gasteiger partial charge is 0.280 e. The van der Waals surface area contributed by atoms with Crippen LogP contribution in [0.1, 0.15) is 50.7 Å². The Morgan fingerprint density at radius 1 is 1.09 bits per heavy atom. The molecule has 1 aliphatic carbocycles. The zero-order valence-corrected chi connectivity index (χ0v) is 19.8. The summed E-state index contributed by atoms with van der Waals surface area (Å²) in [7, 11) is 0. The third kappa shape index (κ3) is 4.40. The molecular weight excluding hydrogens is 430 g/mol. The number of nitrogens with zero attached hydrogens (tertiary/aromatic N) is 5. The van der Waals surface area contributed by atoms with Crippen LogP contribution >= 0.6 is 0 Å². The van der Waals surface area contributed by atoms with Crippen LogP contribution in [0.25, 0.3) is 10.9 Å². The Kier molecular flexibility index (Phi) is 5.81. The van der Waals surface area contributed by atoms with Crippen LogP contribution < -0.4 is 16.6 Å². The van der Waals surface area contributed by atoms with E-state index in [1.807, 2.05) is 12.1 Å². The monoisotopic (exact) mass is 461 g/mol. The van der Waals surface area contributed by atoms with E-state index < -0.39 is 0 Å². The summed E-state index contributed by atoms with van der Waals surface area (Å²) in [6.45, 7) is 7.43. The summed E-state index contributed by atoms with van der Waals surface area (Å²) in [5.74, 6) is 0.973. The summed E-state index contributed by atoms with van der Waals surface area (Å²) in [6.07, 6.45) is 5.05. The number of aromatic nitrogens is 4. The zero-order chi connectivity index (χ0) is 23.9. The normalized spacial score (nSPS) is 18.0. The lowest BCUT2D eigenvalue weighted by molar-refractivity contribution is -0.145. The number of ketones is 1. The highest BCUT2D eigenvalue weighted by molar-refractivity contribution is 5.88. The largest absolute Gasteiger partial charge is 0.368 e. The van der Waals surface area contributed by atoms with Crippen LogP contribution in [0, 0.1) is 5.41 Å². The molecule has 178 valence electrons. The number of rotatable bonds is 8. The average molecular weight is 462 g/mol. The van der Waals surface area contributed by atoms with Crippen LogP contribution in [0.2, 0.25) is 0 Å². The van der Waals surface area contributed by atoms with Gasteiger partial charge < -0.3 is 11.1 Å². The highest BCUT2D eigenvalue weighted by Gasteiger charge is 2.51. The van der Waals surface area contributed by atoms with Gasteiger partial charge in [0.15, 0.2) is 0 Å². The molecule has 3 N–H and O–H groups in total. The van der Waals surface area contributed by atoms with Gasteiger partial charge in [-0.25, -0.2) is 9.67 Å². The van der Waals surface area contributed by atoms with Crippen LogP contribution in [0.5, 0.6) is 0 Å². The standard InChI is InChI=1S/C25H31N7O2/c1-3-4-16(2)28-22-21-20(29-24(26)30-22)11-27-32(23(21)34)13-18-7-5-17(6-8-18)12-31-14-25(15-31)9-19(33)10-25/h5-8,11,16H,3-4,9-10,12-15H2,1-2H3,(H3,26,28,29,30)/t16-/m1/s1. The first-order chi connectivity index (χ1) is 16.3. The Morgan fingerprint density at radius 3 is 2.41 bits per heavy atom. The van der Waals surface area contributed by atoms with Crippen molar-refractivity contribution in [2.24, 2.45) is 5.41 Å². The number of Topliss-reactive ketones (excluding diaryl/α,β-unsaturated/α-hetero) is 1. The molecule has 2 aliphatic rings. The van der Waals surface area contributed by atoms with E-state index in [9.17, 15) is 9.59 Å². The van der Waals surface area contributed by atoms with E-state index in [0.29, 0.717) is 29.0 Å². The predicted octanol–water partition coefficient (Wildman–Crippen LogP) is 2.58. The molecule has 1 saturated carbocycles. The van der Waals surface area contributed by atoms with E-state index in [1.54, 1.807) is 6.20 Å². The van der Waals surface area contributed by atoms with Gasteiger partial charge >= 0.3 is 0 Å². The fraction of sp³-hybridized carbons (Fsp3) is 0.480. The first kappa shape index (κ1) is 22.5. The van der Waals surface area contributed by atoms with Gasteiger partial charge in [-0.2, -0.15) is 10.1 Å². The molecular formula is C25H31N7O2. The zero-order valence-electron chi connectivity index (χ0n) is 19.8. The van der Waals surface area contributed by atoms with Crippen LogP contribution in [0.3, 0.4) is 0 Å². The minimum absolute atomic E-state index is 0.116. The van der Waals surface area contributed by atoms with E-state index >= 15 is 0 Å². The average Bonchev–Trinajstić information content (AvgIpc) is 2.74. The summed E-state index contributed by atoms with van der Waals surface area (Å²) in [5.41, 5.74) is 8.55. The molecule has 1 saturated heterocycles. The van der Waals surface area contributed by atoms with Gasteiger partial charge in [0.05, 0.1) is 12.7 Å². The van der Waals surface area contributed by atoms with E-state index in [4.69, 9.17) is 5.73 Å². The number of benzene rings is 1. The summed E-state index contributed by atoms with van der Waals surface area (Å²) < 4.78 is 1.44. The summed E-state index contributed by atoms with van der Waals surface area (Å²) >= 11 is 0. The lowest BCUT2D eigenvalue weighted by atomic mass is 9.63. The Hall–Kier alpha value is -3.33. The number of hydrogen-bond donors (Lipinski definition) is 2. The summed E-state index contributed by atoms with van der Waals surface area (Å²) in [4.78, 5) is 35.5. The van der Waals surface area contributed by atoms with Crippen molar-refractivity contribution in [3.8, 4) is 0 Å². The van der Waals surface area contributed by atoms with Crippen LogP contribution in [-0.4, -0.2) is 49.6 Å². The quantitative estimate of drug-likeness (QED) is 0.525. The molecule has 9 nitrogen and oxygen atoms in total. The highest BCUT2D eigenvalue weighted by atomic mass is 16.1. The van der Waals surface area contributed by atoms with Crippen molar-refractivity contribution in [3.63, 3.8) is 0 Å². The second kappa shape index (κ2) is 8.79. The van der Waals surface area contributed by atoms with Gasteiger partial charge in [-0.3, -0.25) is 14.5 Å². The van der Waals surface area contributed by atoms with Crippen molar-refractivity contribution in [3.05, 3.63) is 51.9 Å². The number of anilines is 2. The summed E-state index contributed by atoms with van der Waals surface area (Å²) in [5, 5.41) is 8.05. The number of nitrogens with two attached hydrogens (primary N) is 1. The first-order valence-electron chi connectivity index (χ1n) is 12.0. The fourth-order valence-corrected chi connectivity index (χ4v) is 5.27. The number of nitrogens with one attached hydrogen (secondary N) is 1. The molecule has 0 bridgehead atoms. The number of hydrogen-bond acceptors (Lipinski definition) is 8. The van der Waals surface area contributed by atoms with Crippen LogP contribution in [0.4, 0.5) is 11.8 Å². The molecule has 1 aliphatic heterocycles. The Morgan fingerprint density at radius 2 is 1.76 bits per heavy atom. The minimum Gasteiger partial charge on any atom is -0.368 e. The molecule has 9 heteroatoms. The van der Waals surface area contributed by atoms with Crippen LogP contribution in [-0.2, 0) is 17.9 Å². The predicted molar refractivity (Wildman–Crippen MR) is 131 cm³/mol. The molecule has 0 radical (unpaired) electrons. The number of nitrogen functional groups attached to an aromatic ring is 1. The number of likely N-dealkylation sites (tertiary alicyclic amines) is 1. The van der Waals surface area contributed by atoms with Gasteiger partial charge in [0.2, 0.25) is 5.95 Å². The maximum absolute atomic E-state index is 13.3. The van der Waals surface area contributed by atoms with Gasteiger partial charge in [0, 0.05) is 43.9 Å². The first-order valence-corrected chi connectivity index (χ1v) is 12.0. The topological polar surface area (TPSA) is 119 Å². The molecule has 1 spiro atoms. The van der Waals surface area contributed by atoms with E-state index in [-0.39, 0.29) is 23.0 Å². The third-order valence-corrected chi connectivity index (χ3v) is 6.85. The molecule has 0 unspecified atom stereocenters. The number of carbonyl (C=O) groups is 1. The molecule has 5 rings (SSSR count). The Bertz CT molecular complexity index is 1270. The maximum Gasteiger partial charge on any atom is 0.280 e. The second-order valence-electron chi connectivity index (χ2n) is 9.99. The van der Waals surface area contributed by atoms with Gasteiger partial charge in [-0.05, 0) is 24.5 Å². The van der Waals surface area contributed by atoms with E-state index in [2.05, 4.69) is 51.3 Å². The molecule has 1 atom stereocenters. The van der Waals surface area contributed by atoms with Gasteiger partial charge in [-0.1, -0.05) is 37.6 Å². The minimum atomic E-state index is -0.242. The molecule has 0 amide bonds. The van der Waals surface area contributed by atoms with E-state index in [1.165, 1.54) is 10.2 Å². The molecule has 2 fully saturated rings. The van der Waals surface area contributed by atoms with Crippen LogP contribution in [0.15, 0.2) is 35.3 Å². The lowest BCUT2D eigenvalue weighted by Gasteiger charge is -2.55. The Balaban J connectivity index is 1.30. The summed E-state index contributed by atoms with van der Waals surface area (Å²) in [6, 6.07) is 8.43. The highest BCUT2D eigenvalue weighted by Crippen LogP contribution is 2.46. The van der Waals surface area contributed by atoms with Gasteiger partial charge in [0.1, 0.15) is 22.5 Å². The van der Waals surface area contributed by atoms with Crippen molar-refractivity contribution in [2.75, 3.05) is 24.1 Å². The molecule has 3 aromatic rings. The SMILES string of the molecule is CCC[C@@H](C)Nc1nc(N)nc2cnn(Cc3ccc(CN4CC5(CC(=O)C5)C4)cc3)c(=O)c12. The number of carbonyl (C=O) groups excluding carboxylic acids is 1. The molecule has 34 heavy (non-hydrogen) atoms. The third-order valence-electron chi connectivity index (χ3n) is 6.85. The maximum atomic E-state index is 13.3. The van der Waals surface area contributed by atoms with Crippen molar-refractivity contribution in [1.82, 2.24) is 24.6 Å². The van der Waals surface area contributed by atoms with Crippen molar-refractivity contribution < 1.29 is 4.79 Å². The second-order valence-corrected chi connectivity index (χ2v) is 9.99. The van der Waals surface area contributed by atoms with E-state index in [0.717, 1.165) is 50.9 Å². The number of fused-ring (bicyclic) bond motifs is 1. The van der Waals surface area contributed by atoms with Crippen molar-refractivity contribution in [1.29, 1.82) is 0 Å². The molecule has 2 aromatic heterocycles. The van der Waals surface area contributed by atoms with Gasteiger partial charge in [0.25, 0.3) is 5.56 Å². The van der Waals surface area contributed by atoms with Crippen molar-refractivity contribution in [2.45, 2.75) is 58.7 Å². The molecule has 1 aromatic carbocycles. The Labute approximate surface area is 198 Å². The van der Waals surface area contributed by atoms with Crippen molar-refractivity contribution >= 4 is 28.5 Å². The molecule has 3 heterocycles. The lowest BCUT2D eigenvalue weighted by Crippen LogP contribution is -2.61.